The Morgan fingerprint density at radius 1 is 1.07 bits per heavy atom. The van der Waals surface area contributed by atoms with Gasteiger partial charge >= 0.3 is 5.97 Å². The Bertz CT molecular complexity index is 1350. The molecule has 10 heteroatoms. The molecular weight excluding hydrogens is 550 g/mol. The number of esters is 1. The molecule has 0 spiro atoms. The molecule has 42 heavy (non-hydrogen) atoms. The Morgan fingerprint density at radius 3 is 2.24 bits per heavy atom. The first-order chi connectivity index (χ1) is 20.0. The van der Waals surface area contributed by atoms with Crippen molar-refractivity contribution in [2.75, 3.05) is 13.1 Å². The van der Waals surface area contributed by atoms with Crippen LogP contribution in [-0.4, -0.2) is 59.3 Å². The van der Waals surface area contributed by atoms with Crippen molar-refractivity contribution >= 4 is 35.0 Å². The number of hydrogen-bond donors (Lipinski definition) is 4. The number of nitrogens with one attached hydrogen (secondary N) is 3. The molecule has 3 aromatic rings. The van der Waals surface area contributed by atoms with Gasteiger partial charge in [0.2, 0.25) is 11.8 Å². The lowest BCUT2D eigenvalue weighted by Crippen LogP contribution is -2.55. The number of rotatable bonds is 11. The van der Waals surface area contributed by atoms with Crippen molar-refractivity contribution in [3.05, 3.63) is 93.7 Å². The van der Waals surface area contributed by atoms with E-state index in [9.17, 15) is 14.4 Å². The summed E-state index contributed by atoms with van der Waals surface area (Å²) in [7, 11) is 0. The van der Waals surface area contributed by atoms with Crippen LogP contribution in [0.25, 0.3) is 0 Å². The number of hydrogen-bond acceptors (Lipinski definition) is 7. The van der Waals surface area contributed by atoms with Gasteiger partial charge in [0.25, 0.3) is 0 Å². The van der Waals surface area contributed by atoms with Gasteiger partial charge in [-0.1, -0.05) is 60.7 Å². The first-order valence-electron chi connectivity index (χ1n) is 14.1. The van der Waals surface area contributed by atoms with Crippen LogP contribution in [0.15, 0.2) is 72.1 Å². The minimum absolute atomic E-state index is 0.0125. The van der Waals surface area contributed by atoms with Crippen molar-refractivity contribution < 1.29 is 19.1 Å². The topological polar surface area (TPSA) is 138 Å². The van der Waals surface area contributed by atoms with E-state index in [0.29, 0.717) is 24.3 Å². The number of nitrogens with zero attached hydrogens (tertiary/aromatic N) is 1. The minimum atomic E-state index is -0.828. The van der Waals surface area contributed by atoms with Gasteiger partial charge in [-0.05, 0) is 61.7 Å². The number of ether oxygens (including phenoxy) is 1. The van der Waals surface area contributed by atoms with E-state index in [2.05, 4.69) is 10.6 Å². The fourth-order valence-electron chi connectivity index (χ4n) is 5.21. The standard InChI is InChI=1S/C32H39N5O4S/c1-32(2,3)41-26(38)19-35-28(27(22-11-6-4-7-12-22)23-13-8-5-9-14-23)31(40)37-16-10-15-24(37)30(39)36-18-21-17-25(29(33)34)42-20-21/h4-9,11-14,17,20,24,27-28,35H,10,15-16,18-19H2,1-3H3,(H3,33,34)(H,36,39)/t24-,28+/m0/s1. The molecule has 1 saturated heterocycles. The number of amides is 2. The third kappa shape index (κ3) is 8.04. The second-order valence-corrected chi connectivity index (χ2v) is 12.3. The molecule has 222 valence electrons. The molecule has 1 aromatic heterocycles. The Kier molecular flexibility index (Phi) is 10.1. The molecule has 1 aliphatic rings. The van der Waals surface area contributed by atoms with Crippen LogP contribution in [0, 0.1) is 5.41 Å². The third-order valence-corrected chi connectivity index (χ3v) is 8.04. The number of amidine groups is 1. The summed E-state index contributed by atoms with van der Waals surface area (Å²) in [5.41, 5.74) is 7.58. The zero-order valence-corrected chi connectivity index (χ0v) is 25.1. The lowest BCUT2D eigenvalue weighted by atomic mass is 9.84. The van der Waals surface area contributed by atoms with Crippen molar-refractivity contribution in [1.82, 2.24) is 15.5 Å². The maximum Gasteiger partial charge on any atom is 0.320 e. The van der Waals surface area contributed by atoms with Gasteiger partial charge in [-0.3, -0.25) is 25.1 Å². The number of likely N-dealkylation sites (tertiary alicyclic amines) is 1. The fourth-order valence-corrected chi connectivity index (χ4v) is 5.99. The van der Waals surface area contributed by atoms with Crippen LogP contribution in [0.3, 0.4) is 0 Å². The number of carbonyl (C=O) groups excluding carboxylic acids is 3. The van der Waals surface area contributed by atoms with Crippen molar-refractivity contribution in [3.63, 3.8) is 0 Å². The van der Waals surface area contributed by atoms with Gasteiger partial charge in [-0.15, -0.1) is 11.3 Å². The second kappa shape index (κ2) is 13.8. The van der Waals surface area contributed by atoms with Gasteiger partial charge in [-0.2, -0.15) is 0 Å². The van der Waals surface area contributed by atoms with E-state index in [1.165, 1.54) is 11.3 Å². The summed E-state index contributed by atoms with van der Waals surface area (Å²) in [6, 6.07) is 19.7. The zero-order chi connectivity index (χ0) is 30.3. The van der Waals surface area contributed by atoms with Gasteiger partial charge in [-0.25, -0.2) is 0 Å². The maximum atomic E-state index is 14.4. The van der Waals surface area contributed by atoms with E-state index in [0.717, 1.165) is 16.7 Å². The first-order valence-corrected chi connectivity index (χ1v) is 15.0. The summed E-state index contributed by atoms with van der Waals surface area (Å²) < 4.78 is 5.52. The van der Waals surface area contributed by atoms with Crippen LogP contribution in [0.5, 0.6) is 0 Å². The predicted molar refractivity (Wildman–Crippen MR) is 164 cm³/mol. The van der Waals surface area contributed by atoms with Crippen molar-refractivity contribution in [2.45, 2.75) is 63.8 Å². The summed E-state index contributed by atoms with van der Waals surface area (Å²) in [6.45, 7) is 5.95. The maximum absolute atomic E-state index is 14.4. The molecule has 1 fully saturated rings. The molecule has 2 amide bonds. The predicted octanol–water partition coefficient (Wildman–Crippen LogP) is 3.77. The Balaban J connectivity index is 1.59. The lowest BCUT2D eigenvalue weighted by molar-refractivity contribution is -0.154. The number of carbonyl (C=O) groups is 3. The summed E-state index contributed by atoms with van der Waals surface area (Å²) in [4.78, 5) is 42.8. The highest BCUT2D eigenvalue weighted by molar-refractivity contribution is 7.12. The molecule has 5 N–H and O–H groups in total. The Hall–Kier alpha value is -4.02. The monoisotopic (exact) mass is 589 g/mol. The molecule has 2 atom stereocenters. The summed E-state index contributed by atoms with van der Waals surface area (Å²) in [5, 5.41) is 15.6. The van der Waals surface area contributed by atoms with Crippen LogP contribution in [-0.2, 0) is 25.7 Å². The van der Waals surface area contributed by atoms with E-state index in [-0.39, 0.29) is 30.7 Å². The van der Waals surface area contributed by atoms with Gasteiger partial charge < -0.3 is 20.7 Å². The molecule has 0 saturated carbocycles. The lowest BCUT2D eigenvalue weighted by Gasteiger charge is -2.34. The highest BCUT2D eigenvalue weighted by Gasteiger charge is 2.41. The third-order valence-electron chi connectivity index (χ3n) is 7.03. The molecule has 1 aliphatic heterocycles. The summed E-state index contributed by atoms with van der Waals surface area (Å²) in [5.74, 6) is -1.37. The van der Waals surface area contributed by atoms with Crippen LogP contribution < -0.4 is 16.4 Å². The van der Waals surface area contributed by atoms with Crippen LogP contribution in [0.1, 0.15) is 61.1 Å². The van der Waals surface area contributed by atoms with E-state index in [1.807, 2.05) is 66.0 Å². The van der Waals surface area contributed by atoms with E-state index in [4.69, 9.17) is 15.9 Å². The zero-order valence-electron chi connectivity index (χ0n) is 24.3. The fraction of sp³-hybridized carbons (Fsp3) is 0.375. The Labute approximate surface area is 251 Å². The molecule has 2 aromatic carbocycles. The largest absolute Gasteiger partial charge is 0.459 e. The average Bonchev–Trinajstić information content (AvgIpc) is 3.64. The van der Waals surface area contributed by atoms with E-state index >= 15 is 0 Å². The number of benzene rings is 2. The quantitative estimate of drug-likeness (QED) is 0.153. The van der Waals surface area contributed by atoms with Crippen LogP contribution in [0.4, 0.5) is 0 Å². The molecule has 9 nitrogen and oxygen atoms in total. The van der Waals surface area contributed by atoms with Crippen molar-refractivity contribution in [2.24, 2.45) is 5.73 Å². The molecule has 0 aliphatic carbocycles. The van der Waals surface area contributed by atoms with Crippen LogP contribution >= 0.6 is 11.3 Å². The molecule has 0 unspecified atom stereocenters. The molecule has 0 bridgehead atoms. The average molecular weight is 590 g/mol. The highest BCUT2D eigenvalue weighted by Crippen LogP contribution is 2.31. The Morgan fingerprint density at radius 2 is 1.69 bits per heavy atom. The second-order valence-electron chi connectivity index (χ2n) is 11.4. The van der Waals surface area contributed by atoms with Gasteiger partial charge in [0.05, 0.1) is 17.5 Å². The normalized spacial score (nSPS) is 15.8. The smallest absolute Gasteiger partial charge is 0.320 e. The summed E-state index contributed by atoms with van der Waals surface area (Å²) >= 11 is 1.35. The first kappa shape index (κ1) is 30.9. The minimum Gasteiger partial charge on any atom is -0.459 e. The molecular formula is C32H39N5O4S. The molecule has 4 rings (SSSR count). The van der Waals surface area contributed by atoms with Gasteiger partial charge in [0.1, 0.15) is 17.5 Å². The number of nitrogens with two attached hydrogens (primary N) is 1. The van der Waals surface area contributed by atoms with Crippen molar-refractivity contribution in [3.8, 4) is 0 Å². The molecule has 2 heterocycles. The highest BCUT2D eigenvalue weighted by atomic mass is 32.1. The van der Waals surface area contributed by atoms with Crippen molar-refractivity contribution in [1.29, 1.82) is 5.41 Å². The summed E-state index contributed by atoms with van der Waals surface area (Å²) in [6.07, 6.45) is 1.23. The van der Waals surface area contributed by atoms with E-state index < -0.39 is 29.6 Å². The van der Waals surface area contributed by atoms with Gasteiger partial charge in [0, 0.05) is 19.0 Å². The number of nitrogen functional groups attached to an aromatic ring is 1. The van der Waals surface area contributed by atoms with Gasteiger partial charge in [0.15, 0.2) is 0 Å². The van der Waals surface area contributed by atoms with E-state index in [1.54, 1.807) is 31.7 Å². The SMILES string of the molecule is CC(C)(C)OC(=O)CN[C@@H](C(=O)N1CCC[C@H]1C(=O)NCc1csc(C(=N)N)c1)C(c1ccccc1)c1ccccc1. The number of thiophene rings is 1. The molecule has 0 radical (unpaired) electrons. The van der Waals surface area contributed by atoms with Crippen LogP contribution in [0.2, 0.25) is 0 Å².